The van der Waals surface area contributed by atoms with Gasteiger partial charge in [0, 0.05) is 12.1 Å². The van der Waals surface area contributed by atoms with Crippen LogP contribution in [0.25, 0.3) is 0 Å². The van der Waals surface area contributed by atoms with Crippen molar-refractivity contribution in [3.63, 3.8) is 0 Å². The number of carbonyl (C=O) groups excluding carboxylic acids is 1. The van der Waals surface area contributed by atoms with Gasteiger partial charge in [-0.05, 0) is 60.2 Å². The predicted octanol–water partition coefficient (Wildman–Crippen LogP) is 5.10. The molecule has 5 nitrogen and oxygen atoms in total. The van der Waals surface area contributed by atoms with Crippen LogP contribution in [0.5, 0.6) is 5.75 Å². The van der Waals surface area contributed by atoms with Crippen LogP contribution in [0.2, 0.25) is 0 Å². The lowest BCUT2D eigenvalue weighted by molar-refractivity contribution is 0.0696. The third kappa shape index (κ3) is 6.41. The van der Waals surface area contributed by atoms with Crippen molar-refractivity contribution in [2.24, 2.45) is 5.92 Å². The molecule has 0 fully saturated rings. The average molecular weight is 435 g/mol. The van der Waals surface area contributed by atoms with E-state index < -0.39 is 5.97 Å². The zero-order valence-corrected chi connectivity index (χ0v) is 17.9. The second-order valence-electron chi connectivity index (χ2n) is 7.73. The fraction of sp³-hybridized carbons (Fsp3) is 0.231. The van der Waals surface area contributed by atoms with Crippen molar-refractivity contribution in [1.29, 1.82) is 0 Å². The maximum atomic E-state index is 13.7. The van der Waals surface area contributed by atoms with Gasteiger partial charge in [0.2, 0.25) is 0 Å². The molecule has 0 bridgehead atoms. The van der Waals surface area contributed by atoms with Gasteiger partial charge in [-0.2, -0.15) is 0 Å². The van der Waals surface area contributed by atoms with Crippen LogP contribution in [0.4, 0.5) is 4.39 Å². The molecule has 0 aliphatic carbocycles. The molecule has 1 atom stereocenters. The summed E-state index contributed by atoms with van der Waals surface area (Å²) in [5, 5.41) is 11.9. The molecule has 0 aliphatic rings. The molecule has 166 valence electrons. The average Bonchev–Trinajstić information content (AvgIpc) is 2.81. The first-order chi connectivity index (χ1) is 15.4. The molecule has 3 rings (SSSR count). The van der Waals surface area contributed by atoms with E-state index in [2.05, 4.69) is 5.32 Å². The van der Waals surface area contributed by atoms with Gasteiger partial charge in [0.1, 0.15) is 0 Å². The van der Waals surface area contributed by atoms with Crippen molar-refractivity contribution in [2.75, 3.05) is 6.61 Å². The Balaban J connectivity index is 1.53. The first-order valence-electron chi connectivity index (χ1n) is 10.5. The van der Waals surface area contributed by atoms with E-state index in [1.165, 1.54) is 18.2 Å². The van der Waals surface area contributed by atoms with Crippen LogP contribution < -0.4 is 10.1 Å². The van der Waals surface area contributed by atoms with Crippen molar-refractivity contribution >= 4 is 11.9 Å². The van der Waals surface area contributed by atoms with E-state index in [4.69, 9.17) is 9.84 Å². The molecular weight excluding hydrogens is 409 g/mol. The Kier molecular flexibility index (Phi) is 7.97. The zero-order chi connectivity index (χ0) is 22.9. The topological polar surface area (TPSA) is 75.6 Å². The molecule has 0 saturated heterocycles. The summed E-state index contributed by atoms with van der Waals surface area (Å²) >= 11 is 0. The monoisotopic (exact) mass is 435 g/mol. The van der Waals surface area contributed by atoms with Crippen molar-refractivity contribution < 1.29 is 23.8 Å². The van der Waals surface area contributed by atoms with Crippen LogP contribution in [-0.4, -0.2) is 23.6 Å². The first kappa shape index (κ1) is 23.0. The van der Waals surface area contributed by atoms with E-state index in [-0.39, 0.29) is 29.0 Å². The van der Waals surface area contributed by atoms with E-state index in [0.29, 0.717) is 25.1 Å². The van der Waals surface area contributed by atoms with Crippen molar-refractivity contribution in [1.82, 2.24) is 5.32 Å². The molecule has 1 unspecified atom stereocenters. The van der Waals surface area contributed by atoms with E-state index in [1.807, 2.05) is 25.1 Å². The maximum Gasteiger partial charge on any atom is 0.335 e. The third-order valence-corrected chi connectivity index (χ3v) is 5.18. The lowest BCUT2D eigenvalue weighted by Crippen LogP contribution is -2.24. The second-order valence-corrected chi connectivity index (χ2v) is 7.73. The Morgan fingerprint density at radius 3 is 2.41 bits per heavy atom. The number of aromatic carboxylic acids is 1. The first-order valence-corrected chi connectivity index (χ1v) is 10.5. The summed E-state index contributed by atoms with van der Waals surface area (Å²) in [4.78, 5) is 23.7. The number of hydrogen-bond donors (Lipinski definition) is 2. The predicted molar refractivity (Wildman–Crippen MR) is 120 cm³/mol. The molecule has 0 heterocycles. The number of nitrogens with one attached hydrogen (secondary N) is 1. The maximum absolute atomic E-state index is 13.7. The molecule has 2 N–H and O–H groups in total. The standard InChI is InChI=1S/C26H26FNO4/c1-18(17-32-24-9-5-4-8-23(24)27)10-13-20-6-2-3-7-22(20)25(29)28-16-19-11-14-21(15-12-19)26(30)31/h2-9,11-12,14-15,18H,10,13,16-17H2,1H3,(H,28,29)(H,30,31). The molecule has 0 aromatic heterocycles. The number of ether oxygens (including phenoxy) is 1. The number of carboxylic acids is 1. The Labute approximate surface area is 186 Å². The molecule has 1 amide bonds. The smallest absolute Gasteiger partial charge is 0.335 e. The molecule has 32 heavy (non-hydrogen) atoms. The van der Waals surface area contributed by atoms with Gasteiger partial charge in [-0.15, -0.1) is 0 Å². The highest BCUT2D eigenvalue weighted by Crippen LogP contribution is 2.19. The quantitative estimate of drug-likeness (QED) is 0.465. The highest BCUT2D eigenvalue weighted by Gasteiger charge is 2.13. The summed E-state index contributed by atoms with van der Waals surface area (Å²) in [6.07, 6.45) is 1.48. The minimum absolute atomic E-state index is 0.179. The summed E-state index contributed by atoms with van der Waals surface area (Å²) < 4.78 is 19.3. The van der Waals surface area contributed by atoms with Crippen molar-refractivity contribution in [2.45, 2.75) is 26.3 Å². The highest BCUT2D eigenvalue weighted by molar-refractivity contribution is 5.95. The Morgan fingerprint density at radius 1 is 1.00 bits per heavy atom. The molecule has 0 radical (unpaired) electrons. The number of hydrogen-bond acceptors (Lipinski definition) is 3. The highest BCUT2D eigenvalue weighted by atomic mass is 19.1. The van der Waals surface area contributed by atoms with Crippen LogP contribution in [-0.2, 0) is 13.0 Å². The van der Waals surface area contributed by atoms with Crippen LogP contribution in [0.3, 0.4) is 0 Å². The number of para-hydroxylation sites is 1. The van der Waals surface area contributed by atoms with Gasteiger partial charge in [-0.25, -0.2) is 9.18 Å². The largest absolute Gasteiger partial charge is 0.490 e. The minimum atomic E-state index is -0.983. The van der Waals surface area contributed by atoms with E-state index in [9.17, 15) is 14.0 Å². The molecule has 3 aromatic rings. The molecular formula is C26H26FNO4. The summed E-state index contributed by atoms with van der Waals surface area (Å²) in [6, 6.07) is 20.2. The van der Waals surface area contributed by atoms with Crippen LogP contribution in [0.1, 0.15) is 45.2 Å². The van der Waals surface area contributed by atoms with E-state index in [0.717, 1.165) is 17.5 Å². The Hall–Kier alpha value is -3.67. The van der Waals surface area contributed by atoms with Gasteiger partial charge < -0.3 is 15.2 Å². The fourth-order valence-corrected chi connectivity index (χ4v) is 3.28. The summed E-state index contributed by atoms with van der Waals surface area (Å²) in [5.41, 5.74) is 2.57. The normalized spacial score (nSPS) is 11.6. The summed E-state index contributed by atoms with van der Waals surface area (Å²) in [7, 11) is 0. The van der Waals surface area contributed by atoms with E-state index in [1.54, 1.807) is 36.4 Å². The second kappa shape index (κ2) is 11.1. The molecule has 3 aromatic carbocycles. The van der Waals surface area contributed by atoms with E-state index >= 15 is 0 Å². The number of benzene rings is 3. The number of carbonyl (C=O) groups is 2. The molecule has 0 aliphatic heterocycles. The van der Waals surface area contributed by atoms with Gasteiger partial charge in [-0.1, -0.05) is 49.4 Å². The molecule has 0 spiro atoms. The van der Waals surface area contributed by atoms with Gasteiger partial charge in [0.05, 0.1) is 12.2 Å². The number of halogens is 1. The number of amides is 1. The number of carboxylic acid groups (broad SMARTS) is 1. The third-order valence-electron chi connectivity index (χ3n) is 5.18. The molecule has 0 saturated carbocycles. The SMILES string of the molecule is CC(CCc1ccccc1C(=O)NCc1ccc(C(=O)O)cc1)COc1ccccc1F. The van der Waals surface area contributed by atoms with Gasteiger partial charge in [0.15, 0.2) is 11.6 Å². The summed E-state index contributed by atoms with van der Waals surface area (Å²) in [5.74, 6) is -1.12. The van der Waals surface area contributed by atoms with Crippen molar-refractivity contribution in [3.05, 3.63) is 101 Å². The van der Waals surface area contributed by atoms with Gasteiger partial charge >= 0.3 is 5.97 Å². The fourth-order valence-electron chi connectivity index (χ4n) is 3.28. The Morgan fingerprint density at radius 2 is 1.69 bits per heavy atom. The molecule has 6 heteroatoms. The van der Waals surface area contributed by atoms with Crippen LogP contribution >= 0.6 is 0 Å². The number of rotatable bonds is 10. The van der Waals surface area contributed by atoms with Crippen LogP contribution in [0, 0.1) is 11.7 Å². The minimum Gasteiger partial charge on any atom is -0.490 e. The Bertz CT molecular complexity index is 1070. The van der Waals surface area contributed by atoms with Crippen LogP contribution in [0.15, 0.2) is 72.8 Å². The van der Waals surface area contributed by atoms with Gasteiger partial charge in [-0.3, -0.25) is 4.79 Å². The number of aryl methyl sites for hydroxylation is 1. The van der Waals surface area contributed by atoms with Crippen molar-refractivity contribution in [3.8, 4) is 5.75 Å². The van der Waals surface area contributed by atoms with Gasteiger partial charge in [0.25, 0.3) is 5.91 Å². The lowest BCUT2D eigenvalue weighted by Gasteiger charge is -2.15. The lowest BCUT2D eigenvalue weighted by atomic mass is 9.97. The zero-order valence-electron chi connectivity index (χ0n) is 17.9. The summed E-state index contributed by atoms with van der Waals surface area (Å²) in [6.45, 7) is 2.73.